The molecule has 1 unspecified atom stereocenters. The van der Waals surface area contributed by atoms with E-state index in [2.05, 4.69) is 50.1 Å². The minimum Gasteiger partial charge on any atom is -0.384 e. The molecule has 1 aliphatic carbocycles. The Morgan fingerprint density at radius 2 is 1.96 bits per heavy atom. The van der Waals surface area contributed by atoms with Gasteiger partial charge in [0.25, 0.3) is 0 Å². The molecule has 2 rings (SSSR count). The Bertz CT molecular complexity index is 464. The zero-order valence-electron chi connectivity index (χ0n) is 14.8. The van der Waals surface area contributed by atoms with Gasteiger partial charge in [0.05, 0.1) is 6.61 Å². The number of ether oxygens (including phenoxy) is 1. The summed E-state index contributed by atoms with van der Waals surface area (Å²) >= 11 is 0. The Balaban J connectivity index is 0. The lowest BCUT2D eigenvalue weighted by Crippen LogP contribution is -2.10. The van der Waals surface area contributed by atoms with Crippen LogP contribution in [0, 0.1) is 24.5 Å². The van der Waals surface area contributed by atoms with E-state index >= 15 is 0 Å². The van der Waals surface area contributed by atoms with Crippen molar-refractivity contribution in [1.29, 1.82) is 5.41 Å². The molecule has 1 atom stereocenters. The summed E-state index contributed by atoms with van der Waals surface area (Å²) in [6.45, 7) is 11.3. The van der Waals surface area contributed by atoms with Gasteiger partial charge in [-0.1, -0.05) is 44.2 Å². The van der Waals surface area contributed by atoms with Crippen molar-refractivity contribution in [2.24, 2.45) is 0 Å². The summed E-state index contributed by atoms with van der Waals surface area (Å²) < 4.78 is 5.37. The monoisotopic (exact) mass is 315 g/mol. The lowest BCUT2D eigenvalue weighted by molar-refractivity contribution is -0.0979. The molecule has 0 aromatic heterocycles. The van der Waals surface area contributed by atoms with Crippen molar-refractivity contribution in [3.8, 4) is 0 Å². The van der Waals surface area contributed by atoms with Crippen LogP contribution in [0.25, 0.3) is 0 Å². The average molecular weight is 315 g/mol. The smallest absolute Gasteiger partial charge is 0.106 e. The molecule has 0 radical (unpaired) electrons. The molecule has 126 valence electrons. The highest BCUT2D eigenvalue weighted by molar-refractivity contribution is 5.39. The molecule has 0 spiro atoms. The van der Waals surface area contributed by atoms with Gasteiger partial charge in [-0.05, 0) is 49.8 Å². The summed E-state index contributed by atoms with van der Waals surface area (Å²) in [4.78, 5) is 8.00. The van der Waals surface area contributed by atoms with Crippen molar-refractivity contribution >= 4 is 13.5 Å². The molecule has 1 N–H and O–H groups in total. The summed E-state index contributed by atoms with van der Waals surface area (Å²) in [6, 6.07) is 10.2. The van der Waals surface area contributed by atoms with Gasteiger partial charge in [-0.3, -0.25) is 0 Å². The molecule has 0 heterocycles. The molecule has 0 bridgehead atoms. The lowest BCUT2D eigenvalue weighted by atomic mass is 9.87. The van der Waals surface area contributed by atoms with Crippen LogP contribution in [-0.4, -0.2) is 27.2 Å². The number of hydrogen-bond donors (Lipinski definition) is 1. The van der Waals surface area contributed by atoms with Crippen molar-refractivity contribution in [2.45, 2.75) is 39.5 Å². The number of methoxy groups -OCH3 is 1. The topological polar surface area (TPSA) is 50.2 Å². The third-order valence-electron chi connectivity index (χ3n) is 3.17. The molecular weight excluding hydrogens is 286 g/mol. The van der Waals surface area contributed by atoms with Crippen molar-refractivity contribution in [3.05, 3.63) is 59.2 Å². The molecule has 0 fully saturated rings. The van der Waals surface area contributed by atoms with Crippen LogP contribution < -0.4 is 0 Å². The van der Waals surface area contributed by atoms with E-state index in [1.54, 1.807) is 7.11 Å². The number of carbonyl (C=O) groups excluding carboxylic acids is 1. The summed E-state index contributed by atoms with van der Waals surface area (Å²) in [7, 11) is 1.76. The summed E-state index contributed by atoms with van der Waals surface area (Å²) in [5, 5.41) is 5.50. The van der Waals surface area contributed by atoms with Gasteiger partial charge in [0.1, 0.15) is 6.79 Å². The van der Waals surface area contributed by atoms with Crippen LogP contribution in [0.1, 0.15) is 43.7 Å². The minimum absolute atomic E-state index is 0.322. The Kier molecular flexibility index (Phi) is 16.3. The highest BCUT2D eigenvalue weighted by Gasteiger charge is 2.17. The fourth-order valence-corrected chi connectivity index (χ4v) is 2.28. The van der Waals surface area contributed by atoms with Crippen LogP contribution in [0.15, 0.2) is 35.9 Å². The number of carbonyl (C=O) groups is 1. The predicted molar refractivity (Wildman–Crippen MR) is 98.2 cm³/mol. The fraction of sp³-hybridized carbons (Fsp3) is 0.400. The second-order valence-corrected chi connectivity index (χ2v) is 4.37. The molecule has 1 aromatic rings. The van der Waals surface area contributed by atoms with Crippen molar-refractivity contribution < 1.29 is 9.53 Å². The molecular formula is C20H29NO2. The number of allylic oxidation sites excluding steroid dienone is 3. The maximum atomic E-state index is 8.00. The third kappa shape index (κ3) is 8.13. The first-order valence-corrected chi connectivity index (χ1v) is 7.71. The predicted octanol–water partition coefficient (Wildman–Crippen LogP) is 4.71. The summed E-state index contributed by atoms with van der Waals surface area (Å²) in [5.74, 6) is 0.322. The van der Waals surface area contributed by atoms with Crippen molar-refractivity contribution in [2.75, 3.05) is 13.7 Å². The maximum Gasteiger partial charge on any atom is 0.106 e. The average Bonchev–Trinajstić information content (AvgIpc) is 2.66. The molecule has 0 saturated heterocycles. The summed E-state index contributed by atoms with van der Waals surface area (Å²) in [6.07, 6.45) is 9.07. The van der Waals surface area contributed by atoms with E-state index in [1.807, 2.05) is 26.7 Å². The minimum atomic E-state index is 0.322. The van der Waals surface area contributed by atoms with E-state index in [-0.39, 0.29) is 0 Å². The van der Waals surface area contributed by atoms with Gasteiger partial charge in [0.2, 0.25) is 0 Å². The van der Waals surface area contributed by atoms with Gasteiger partial charge in [0.15, 0.2) is 0 Å². The standard InChI is InChI=1S/C16H18O.C2H6.CH3N.CH2O/c1-13-8-6-7-11-15(13)16(12-17-2)14-9-4-3-5-10-14;3*1-2/h4,7,9-11,16H,3,5,12H2,1-2H3;1-2H3;2H,1H2;1H2. The Morgan fingerprint density at radius 1 is 1.30 bits per heavy atom. The van der Waals surface area contributed by atoms with Gasteiger partial charge < -0.3 is 14.9 Å². The van der Waals surface area contributed by atoms with E-state index in [1.165, 1.54) is 11.1 Å². The molecule has 3 heteroatoms. The van der Waals surface area contributed by atoms with Gasteiger partial charge in [-0.15, -0.1) is 0 Å². The largest absolute Gasteiger partial charge is 0.384 e. The zero-order chi connectivity index (χ0) is 18.1. The second kappa shape index (κ2) is 16.2. The van der Waals surface area contributed by atoms with E-state index in [9.17, 15) is 0 Å². The van der Waals surface area contributed by atoms with Crippen LogP contribution in [0.3, 0.4) is 0 Å². The zero-order valence-corrected chi connectivity index (χ0v) is 14.8. The first-order chi connectivity index (χ1) is 11.3. The molecule has 0 aliphatic heterocycles. The summed E-state index contributed by atoms with van der Waals surface area (Å²) in [5.41, 5.74) is 3.82. The molecule has 1 aromatic carbocycles. The number of rotatable bonds is 4. The van der Waals surface area contributed by atoms with E-state index < -0.39 is 0 Å². The second-order valence-electron chi connectivity index (χ2n) is 4.37. The van der Waals surface area contributed by atoms with Crippen LogP contribution in [0.4, 0.5) is 0 Å². The lowest BCUT2D eigenvalue weighted by Gasteiger charge is -2.20. The van der Waals surface area contributed by atoms with E-state index in [0.29, 0.717) is 5.92 Å². The molecule has 1 aliphatic rings. The number of hydrogen-bond acceptors (Lipinski definition) is 3. The van der Waals surface area contributed by atoms with Crippen molar-refractivity contribution in [3.63, 3.8) is 0 Å². The normalized spacial score (nSPS) is 12.6. The quantitative estimate of drug-likeness (QED) is 0.818. The molecule has 23 heavy (non-hydrogen) atoms. The molecule has 0 amide bonds. The first-order valence-electron chi connectivity index (χ1n) is 7.71. The van der Waals surface area contributed by atoms with Crippen LogP contribution in [-0.2, 0) is 9.53 Å². The number of nitrogens with one attached hydrogen (secondary N) is 1. The molecule has 3 nitrogen and oxygen atoms in total. The van der Waals surface area contributed by atoms with Gasteiger partial charge >= 0.3 is 0 Å². The van der Waals surface area contributed by atoms with Gasteiger partial charge in [0, 0.05) is 18.6 Å². The molecule has 0 saturated carbocycles. The third-order valence-corrected chi connectivity index (χ3v) is 3.17. The maximum absolute atomic E-state index is 8.00. The van der Waals surface area contributed by atoms with E-state index in [0.717, 1.165) is 25.0 Å². The Labute approximate surface area is 141 Å². The first kappa shape index (κ1) is 23.1. The van der Waals surface area contributed by atoms with E-state index in [4.69, 9.17) is 14.9 Å². The SMILES string of the molecule is C=N.C=O.CC.COCC(C1=CCCC=C1)c1ccc#cc1C. The van der Waals surface area contributed by atoms with Gasteiger partial charge in [-0.2, -0.15) is 0 Å². The van der Waals surface area contributed by atoms with Crippen LogP contribution in [0.2, 0.25) is 0 Å². The van der Waals surface area contributed by atoms with Gasteiger partial charge in [-0.25, -0.2) is 0 Å². The highest BCUT2D eigenvalue weighted by atomic mass is 16.5. The fourth-order valence-electron chi connectivity index (χ4n) is 2.28. The van der Waals surface area contributed by atoms with Crippen LogP contribution in [0.5, 0.6) is 0 Å². The van der Waals surface area contributed by atoms with Crippen molar-refractivity contribution in [1.82, 2.24) is 0 Å². The highest BCUT2D eigenvalue weighted by Crippen LogP contribution is 2.29. The Morgan fingerprint density at radius 3 is 2.43 bits per heavy atom. The Hall–Kier alpha value is -2.18. The van der Waals surface area contributed by atoms with Crippen LogP contribution >= 0.6 is 0 Å².